The van der Waals surface area contributed by atoms with Gasteiger partial charge in [0, 0.05) is 17.3 Å². The molecular formula is C21H26N2O5S2. The highest BCUT2D eigenvalue weighted by atomic mass is 32.2. The molecule has 0 spiro atoms. The van der Waals surface area contributed by atoms with Crippen LogP contribution in [0.4, 0.5) is 5.69 Å². The normalized spacial score (nSPS) is 19.3. The zero-order chi connectivity index (χ0) is 21.9. The lowest BCUT2D eigenvalue weighted by Gasteiger charge is -2.13. The summed E-state index contributed by atoms with van der Waals surface area (Å²) in [5.41, 5.74) is 2.00. The number of anilines is 1. The summed E-state index contributed by atoms with van der Waals surface area (Å²) in [5.74, 6) is -0.233. The fraction of sp³-hybridized carbons (Fsp3) is 0.381. The number of carbonyl (C=O) groups excluding carboxylic acids is 1. The van der Waals surface area contributed by atoms with Gasteiger partial charge in [0.25, 0.3) is 5.91 Å². The molecule has 162 valence electrons. The van der Waals surface area contributed by atoms with Crippen molar-refractivity contribution in [1.29, 1.82) is 0 Å². The predicted molar refractivity (Wildman–Crippen MR) is 117 cm³/mol. The first kappa shape index (κ1) is 22.5. The van der Waals surface area contributed by atoms with Crippen LogP contribution in [0.5, 0.6) is 0 Å². The van der Waals surface area contributed by atoms with Crippen LogP contribution in [0.25, 0.3) is 0 Å². The third kappa shape index (κ3) is 5.47. The Morgan fingerprint density at radius 3 is 2.47 bits per heavy atom. The van der Waals surface area contributed by atoms with E-state index in [1.807, 2.05) is 24.3 Å². The summed E-state index contributed by atoms with van der Waals surface area (Å²) in [6, 6.07) is 12.6. The quantitative estimate of drug-likeness (QED) is 0.674. The lowest BCUT2D eigenvalue weighted by atomic mass is 9.98. The van der Waals surface area contributed by atoms with Gasteiger partial charge in [0.05, 0.1) is 16.4 Å². The highest BCUT2D eigenvalue weighted by molar-refractivity contribution is 7.92. The first-order valence-electron chi connectivity index (χ1n) is 9.84. The van der Waals surface area contributed by atoms with Crippen LogP contribution >= 0.6 is 0 Å². The van der Waals surface area contributed by atoms with Gasteiger partial charge in [0.15, 0.2) is 9.84 Å². The van der Waals surface area contributed by atoms with E-state index in [0.29, 0.717) is 11.6 Å². The number of rotatable bonds is 7. The minimum Gasteiger partial charge on any atom is -0.322 e. The molecule has 0 aliphatic carbocycles. The monoisotopic (exact) mass is 450 g/mol. The maximum atomic E-state index is 12.6. The number of benzene rings is 2. The fourth-order valence-electron chi connectivity index (χ4n) is 3.31. The van der Waals surface area contributed by atoms with Crippen LogP contribution in [-0.2, 0) is 19.9 Å². The average Bonchev–Trinajstić information content (AvgIpc) is 3.05. The van der Waals surface area contributed by atoms with Gasteiger partial charge in [0.2, 0.25) is 10.0 Å². The van der Waals surface area contributed by atoms with E-state index in [0.717, 1.165) is 6.42 Å². The number of carbonyl (C=O) groups is 1. The first-order chi connectivity index (χ1) is 14.1. The van der Waals surface area contributed by atoms with Crippen LogP contribution in [-0.4, -0.2) is 40.3 Å². The third-order valence-electron chi connectivity index (χ3n) is 5.31. The summed E-state index contributed by atoms with van der Waals surface area (Å²) in [7, 11) is -7.14. The van der Waals surface area contributed by atoms with Gasteiger partial charge in [-0.25, -0.2) is 21.6 Å². The number of hydrogen-bond donors (Lipinski definition) is 2. The largest absolute Gasteiger partial charge is 0.322 e. The van der Waals surface area contributed by atoms with Gasteiger partial charge in [-0.15, -0.1) is 0 Å². The number of nitrogens with one attached hydrogen (secondary N) is 2. The Morgan fingerprint density at radius 1 is 1.17 bits per heavy atom. The molecule has 1 amide bonds. The van der Waals surface area contributed by atoms with E-state index < -0.39 is 31.8 Å². The molecule has 7 nitrogen and oxygen atoms in total. The second-order valence-electron chi connectivity index (χ2n) is 7.63. The van der Waals surface area contributed by atoms with Crippen LogP contribution in [0.3, 0.4) is 0 Å². The van der Waals surface area contributed by atoms with Crippen LogP contribution in [0.2, 0.25) is 0 Å². The van der Waals surface area contributed by atoms with Crippen molar-refractivity contribution in [3.63, 3.8) is 0 Å². The average molecular weight is 451 g/mol. The van der Waals surface area contributed by atoms with Gasteiger partial charge >= 0.3 is 0 Å². The van der Waals surface area contributed by atoms with Crippen LogP contribution < -0.4 is 10.0 Å². The van der Waals surface area contributed by atoms with Gasteiger partial charge in [-0.3, -0.25) is 4.79 Å². The lowest BCUT2D eigenvalue weighted by Crippen LogP contribution is -2.35. The topological polar surface area (TPSA) is 109 Å². The molecule has 0 unspecified atom stereocenters. The van der Waals surface area contributed by atoms with Crippen LogP contribution in [0, 0.1) is 0 Å². The Morgan fingerprint density at radius 2 is 1.87 bits per heavy atom. The van der Waals surface area contributed by atoms with E-state index >= 15 is 0 Å². The first-order valence-corrected chi connectivity index (χ1v) is 13.1. The van der Waals surface area contributed by atoms with Gasteiger partial charge in [-0.2, -0.15) is 0 Å². The summed E-state index contributed by atoms with van der Waals surface area (Å²) in [6.45, 7) is 4.25. The van der Waals surface area contributed by atoms with Gasteiger partial charge in [-0.1, -0.05) is 32.0 Å². The van der Waals surface area contributed by atoms with Crippen molar-refractivity contribution < 1.29 is 21.6 Å². The molecule has 1 aliphatic heterocycles. The van der Waals surface area contributed by atoms with Crippen molar-refractivity contribution in [2.75, 3.05) is 16.8 Å². The van der Waals surface area contributed by atoms with Crippen molar-refractivity contribution in [3.05, 3.63) is 59.7 Å². The SMILES string of the molecule is CC[C@@H](C)c1ccc(NC(=O)c2cccc(S(=O)(=O)N[C@H]3CCS(=O)(=O)C3)c2)cc1. The summed E-state index contributed by atoms with van der Waals surface area (Å²) >= 11 is 0. The molecular weight excluding hydrogens is 424 g/mol. The Kier molecular flexibility index (Phi) is 6.64. The van der Waals surface area contributed by atoms with Gasteiger partial charge in [-0.05, 0) is 54.7 Å². The molecule has 30 heavy (non-hydrogen) atoms. The fourth-order valence-corrected chi connectivity index (χ4v) is 6.41. The van der Waals surface area contributed by atoms with E-state index in [1.165, 1.54) is 29.8 Å². The van der Waals surface area contributed by atoms with E-state index in [4.69, 9.17) is 0 Å². The number of hydrogen-bond acceptors (Lipinski definition) is 5. The number of sulfone groups is 1. The van der Waals surface area contributed by atoms with E-state index in [1.54, 1.807) is 0 Å². The Hall–Kier alpha value is -2.23. The molecule has 1 saturated heterocycles. The summed E-state index contributed by atoms with van der Waals surface area (Å²) in [4.78, 5) is 12.5. The van der Waals surface area contributed by atoms with E-state index in [-0.39, 0.29) is 28.4 Å². The van der Waals surface area contributed by atoms with E-state index in [9.17, 15) is 21.6 Å². The molecule has 1 heterocycles. The third-order valence-corrected chi connectivity index (χ3v) is 8.60. The van der Waals surface area contributed by atoms with E-state index in [2.05, 4.69) is 23.9 Å². The molecule has 0 bridgehead atoms. The molecule has 2 aromatic carbocycles. The predicted octanol–water partition coefficient (Wildman–Crippen LogP) is 2.92. The zero-order valence-electron chi connectivity index (χ0n) is 17.0. The minimum absolute atomic E-state index is 0.0293. The zero-order valence-corrected chi connectivity index (χ0v) is 18.6. The Bertz CT molecular complexity index is 1130. The Balaban J connectivity index is 1.72. The number of sulfonamides is 1. The standard InChI is InChI=1S/C21H26N2O5S2/c1-3-15(2)16-7-9-18(10-8-16)22-21(24)17-5-4-6-20(13-17)30(27,28)23-19-11-12-29(25,26)14-19/h4-10,13,15,19,23H,3,11-12,14H2,1-2H3,(H,22,24)/t15-,19+/m1/s1. The molecule has 1 fully saturated rings. The molecule has 2 aromatic rings. The van der Waals surface area contributed by atoms with Gasteiger partial charge in [0.1, 0.15) is 0 Å². The van der Waals surface area contributed by atoms with Crippen molar-refractivity contribution in [2.24, 2.45) is 0 Å². The highest BCUT2D eigenvalue weighted by Gasteiger charge is 2.31. The Labute approximate surface area is 177 Å². The maximum absolute atomic E-state index is 12.6. The smallest absolute Gasteiger partial charge is 0.255 e. The summed E-state index contributed by atoms with van der Waals surface area (Å²) < 4.78 is 50.8. The van der Waals surface area contributed by atoms with Crippen molar-refractivity contribution in [3.8, 4) is 0 Å². The molecule has 2 atom stereocenters. The molecule has 3 rings (SSSR count). The molecule has 2 N–H and O–H groups in total. The van der Waals surface area contributed by atoms with Crippen molar-refractivity contribution in [1.82, 2.24) is 4.72 Å². The van der Waals surface area contributed by atoms with Crippen molar-refractivity contribution in [2.45, 2.75) is 43.5 Å². The molecule has 0 radical (unpaired) electrons. The number of amides is 1. The van der Waals surface area contributed by atoms with Crippen LogP contribution in [0.1, 0.15) is 48.5 Å². The minimum atomic E-state index is -3.94. The second kappa shape index (κ2) is 8.87. The summed E-state index contributed by atoms with van der Waals surface area (Å²) in [6.07, 6.45) is 1.27. The molecule has 0 aromatic heterocycles. The molecule has 0 saturated carbocycles. The maximum Gasteiger partial charge on any atom is 0.255 e. The van der Waals surface area contributed by atoms with Crippen LogP contribution in [0.15, 0.2) is 53.4 Å². The van der Waals surface area contributed by atoms with Crippen molar-refractivity contribution >= 4 is 31.5 Å². The summed E-state index contributed by atoms with van der Waals surface area (Å²) in [5, 5.41) is 2.77. The molecule has 1 aliphatic rings. The van der Waals surface area contributed by atoms with Gasteiger partial charge < -0.3 is 5.32 Å². The molecule has 9 heteroatoms. The highest BCUT2D eigenvalue weighted by Crippen LogP contribution is 2.21. The lowest BCUT2D eigenvalue weighted by molar-refractivity contribution is 0.102. The second-order valence-corrected chi connectivity index (χ2v) is 11.6.